The van der Waals surface area contributed by atoms with Crippen LogP contribution in [0.3, 0.4) is 0 Å². The van der Waals surface area contributed by atoms with Crippen LogP contribution in [-0.4, -0.2) is 40.1 Å². The third-order valence-corrected chi connectivity index (χ3v) is 4.75. The van der Waals surface area contributed by atoms with E-state index in [0.717, 1.165) is 16.0 Å². The molecule has 0 amide bonds. The predicted octanol–water partition coefficient (Wildman–Crippen LogP) is 1.70. The lowest BCUT2D eigenvalue weighted by molar-refractivity contribution is -0.907. The van der Waals surface area contributed by atoms with Gasteiger partial charge in [0, 0.05) is 17.7 Å². The maximum atomic E-state index is 11.3. The molecule has 9 nitrogen and oxygen atoms in total. The third kappa shape index (κ3) is 4.36. The fraction of sp³-hybridized carbons (Fsp3) is 0.400. The Morgan fingerprint density at radius 3 is 2.45 bits per heavy atom. The highest BCUT2D eigenvalue weighted by Crippen LogP contribution is 2.39. The van der Waals surface area contributed by atoms with Crippen molar-refractivity contribution in [2.75, 3.05) is 35.2 Å². The van der Waals surface area contributed by atoms with Crippen LogP contribution < -0.4 is 23.8 Å². The maximum absolute atomic E-state index is 11.3. The summed E-state index contributed by atoms with van der Waals surface area (Å²) in [7, 11) is 6.72. The topological polar surface area (TPSA) is 93.7 Å². The van der Waals surface area contributed by atoms with E-state index in [1.165, 1.54) is 6.07 Å². The number of quaternary nitrogens is 1. The van der Waals surface area contributed by atoms with Crippen LogP contribution in [0.25, 0.3) is 0 Å². The minimum atomic E-state index is -0.398. The molecule has 1 N–H and O–H groups in total. The fourth-order valence-electron chi connectivity index (χ4n) is 3.53. The smallest absolute Gasteiger partial charge is 0.270 e. The van der Waals surface area contributed by atoms with E-state index >= 15 is 0 Å². The molecule has 0 spiro atoms. The first-order valence-electron chi connectivity index (χ1n) is 9.08. The number of nitrogens with zero attached hydrogens (tertiary/aromatic N) is 1. The second-order valence-electron chi connectivity index (χ2n) is 6.77. The quantitative estimate of drug-likeness (QED) is 0.528. The van der Waals surface area contributed by atoms with Gasteiger partial charge in [0.05, 0.1) is 51.0 Å². The molecule has 1 heterocycles. The lowest BCUT2D eigenvalue weighted by atomic mass is 10.1. The minimum absolute atomic E-state index is 0.0318. The average Bonchev–Trinajstić information content (AvgIpc) is 2.72. The standard InChI is InChI=1S/C20H24N2O7/c1-21(9-13-5-6-17(25-2)20(27-4)19(13)26-3)10-14-7-16(22(23)24)8-15-11-28-12-29-18(14)15/h5-8H,9-12H2,1-4H3/p+1. The molecule has 0 aromatic heterocycles. The Hall–Kier alpha value is -3.04. The molecule has 0 saturated heterocycles. The number of non-ortho nitro benzene ring substituents is 1. The lowest BCUT2D eigenvalue weighted by Gasteiger charge is -2.23. The van der Waals surface area contributed by atoms with Crippen LogP contribution in [0.15, 0.2) is 24.3 Å². The summed E-state index contributed by atoms with van der Waals surface area (Å²) in [4.78, 5) is 12.0. The second kappa shape index (κ2) is 8.97. The van der Waals surface area contributed by atoms with Crippen molar-refractivity contribution in [3.63, 3.8) is 0 Å². The summed E-state index contributed by atoms with van der Waals surface area (Å²) in [5.41, 5.74) is 2.43. The van der Waals surface area contributed by atoms with E-state index in [-0.39, 0.29) is 12.5 Å². The molecule has 9 heteroatoms. The lowest BCUT2D eigenvalue weighted by Crippen LogP contribution is -3.06. The van der Waals surface area contributed by atoms with E-state index in [4.69, 9.17) is 23.7 Å². The van der Waals surface area contributed by atoms with Crippen molar-refractivity contribution in [2.45, 2.75) is 19.7 Å². The molecule has 29 heavy (non-hydrogen) atoms. The highest BCUT2D eigenvalue weighted by atomic mass is 16.7. The number of nitro groups is 1. The Morgan fingerprint density at radius 2 is 1.79 bits per heavy atom. The Labute approximate surface area is 168 Å². The van der Waals surface area contributed by atoms with Crippen LogP contribution in [0, 0.1) is 10.1 Å². The van der Waals surface area contributed by atoms with Crippen LogP contribution in [0.5, 0.6) is 23.0 Å². The molecular formula is C20H25N2O7+. The maximum Gasteiger partial charge on any atom is 0.270 e. The summed E-state index contributed by atoms with van der Waals surface area (Å²) in [6.45, 7) is 1.58. The molecule has 0 aliphatic carbocycles. The third-order valence-electron chi connectivity index (χ3n) is 4.75. The Kier molecular flexibility index (Phi) is 6.40. The van der Waals surface area contributed by atoms with Gasteiger partial charge in [-0.3, -0.25) is 10.1 Å². The van der Waals surface area contributed by atoms with Crippen LogP contribution in [-0.2, 0) is 24.4 Å². The van der Waals surface area contributed by atoms with Crippen molar-refractivity contribution in [1.29, 1.82) is 0 Å². The van der Waals surface area contributed by atoms with E-state index in [0.29, 0.717) is 48.3 Å². The summed E-state index contributed by atoms with van der Waals surface area (Å²) in [6.07, 6.45) is 0. The number of methoxy groups -OCH3 is 3. The van der Waals surface area contributed by atoms with Crippen molar-refractivity contribution in [3.05, 3.63) is 51.1 Å². The van der Waals surface area contributed by atoms with Crippen molar-refractivity contribution in [2.24, 2.45) is 0 Å². The molecule has 1 aliphatic heterocycles. The van der Waals surface area contributed by atoms with Crippen molar-refractivity contribution < 1.29 is 33.5 Å². The summed E-state index contributed by atoms with van der Waals surface area (Å²) in [5.74, 6) is 2.40. The van der Waals surface area contributed by atoms with Gasteiger partial charge in [-0.2, -0.15) is 0 Å². The molecule has 2 aromatic carbocycles. The highest BCUT2D eigenvalue weighted by molar-refractivity contribution is 5.55. The summed E-state index contributed by atoms with van der Waals surface area (Å²) >= 11 is 0. The number of benzene rings is 2. The molecule has 0 radical (unpaired) electrons. The van der Waals surface area contributed by atoms with E-state index in [1.54, 1.807) is 27.4 Å². The highest BCUT2D eigenvalue weighted by Gasteiger charge is 2.24. The SMILES string of the molecule is COc1ccc(C[NH+](C)Cc2cc([N+](=O)[O-])cc3c2OCOC3)c(OC)c1OC. The molecule has 0 fully saturated rings. The van der Waals surface area contributed by atoms with Crippen LogP contribution in [0.4, 0.5) is 5.69 Å². The molecule has 156 valence electrons. The van der Waals surface area contributed by atoms with Gasteiger partial charge >= 0.3 is 0 Å². The van der Waals surface area contributed by atoms with Gasteiger partial charge in [-0.1, -0.05) is 0 Å². The Bertz CT molecular complexity index is 901. The average molecular weight is 405 g/mol. The molecule has 0 saturated carbocycles. The predicted molar refractivity (Wildman–Crippen MR) is 104 cm³/mol. The van der Waals surface area contributed by atoms with Crippen molar-refractivity contribution in [3.8, 4) is 23.0 Å². The number of ether oxygens (including phenoxy) is 5. The van der Waals surface area contributed by atoms with Gasteiger partial charge in [0.1, 0.15) is 18.8 Å². The molecular weight excluding hydrogens is 380 g/mol. The summed E-state index contributed by atoms with van der Waals surface area (Å²) < 4.78 is 27.2. The fourth-order valence-corrected chi connectivity index (χ4v) is 3.53. The van der Waals surface area contributed by atoms with Crippen molar-refractivity contribution in [1.82, 2.24) is 0 Å². The van der Waals surface area contributed by atoms with Crippen molar-refractivity contribution >= 4 is 5.69 Å². The summed E-state index contributed by atoms with van der Waals surface area (Å²) in [5, 5.41) is 11.3. The van der Waals surface area contributed by atoms with E-state index in [2.05, 4.69) is 0 Å². The van der Waals surface area contributed by atoms with E-state index in [1.807, 2.05) is 19.2 Å². The van der Waals surface area contributed by atoms with Gasteiger partial charge in [-0.25, -0.2) is 0 Å². The van der Waals surface area contributed by atoms with Gasteiger partial charge < -0.3 is 28.6 Å². The monoisotopic (exact) mass is 405 g/mol. The van der Waals surface area contributed by atoms with Crippen LogP contribution in [0.2, 0.25) is 0 Å². The van der Waals surface area contributed by atoms with Crippen LogP contribution in [0.1, 0.15) is 16.7 Å². The first-order chi connectivity index (χ1) is 14.0. The number of nitro benzene ring substituents is 1. The second-order valence-corrected chi connectivity index (χ2v) is 6.77. The number of hydrogen-bond donors (Lipinski definition) is 1. The molecule has 0 bridgehead atoms. The van der Waals surface area contributed by atoms with Gasteiger partial charge in [-0.05, 0) is 12.1 Å². The molecule has 1 aliphatic rings. The first kappa shape index (κ1) is 20.7. The Balaban J connectivity index is 1.87. The largest absolute Gasteiger partial charge is 0.493 e. The minimum Gasteiger partial charge on any atom is -0.493 e. The zero-order valence-corrected chi connectivity index (χ0v) is 16.9. The Morgan fingerprint density at radius 1 is 1.07 bits per heavy atom. The first-order valence-corrected chi connectivity index (χ1v) is 9.08. The van der Waals surface area contributed by atoms with Crippen LogP contribution >= 0.6 is 0 Å². The normalized spacial score (nSPS) is 13.8. The zero-order chi connectivity index (χ0) is 21.0. The zero-order valence-electron chi connectivity index (χ0n) is 16.9. The summed E-state index contributed by atoms with van der Waals surface area (Å²) in [6, 6.07) is 6.83. The van der Waals surface area contributed by atoms with E-state index in [9.17, 15) is 10.1 Å². The van der Waals surface area contributed by atoms with Gasteiger partial charge in [0.25, 0.3) is 5.69 Å². The number of hydrogen-bond acceptors (Lipinski definition) is 7. The van der Waals surface area contributed by atoms with Gasteiger partial charge in [-0.15, -0.1) is 0 Å². The number of nitrogens with one attached hydrogen (secondary N) is 1. The molecule has 1 atom stereocenters. The number of rotatable bonds is 8. The van der Waals surface area contributed by atoms with Gasteiger partial charge in [0.15, 0.2) is 18.3 Å². The number of fused-ring (bicyclic) bond motifs is 1. The van der Waals surface area contributed by atoms with E-state index < -0.39 is 4.92 Å². The molecule has 3 rings (SSSR count). The van der Waals surface area contributed by atoms with Gasteiger partial charge in [0.2, 0.25) is 5.75 Å². The molecule has 1 unspecified atom stereocenters. The molecule has 2 aromatic rings.